The number of hydrogen-bond acceptors (Lipinski definition) is 3. The Bertz CT molecular complexity index is 520. The summed E-state index contributed by atoms with van der Waals surface area (Å²) in [6, 6.07) is 0. The molecular weight excluding hydrogens is 374 g/mol. The minimum absolute atomic E-state index is 0.121. The molecule has 176 valence electrons. The molecule has 1 unspecified atom stereocenters. The maximum Gasteiger partial charge on any atom is 0.217 e. The van der Waals surface area contributed by atoms with Crippen molar-refractivity contribution in [3.8, 4) is 0 Å². The van der Waals surface area contributed by atoms with Crippen molar-refractivity contribution in [2.75, 3.05) is 6.61 Å². The Balaban J connectivity index is 2.05. The highest BCUT2D eigenvalue weighted by molar-refractivity contribution is 5.73. The first-order chi connectivity index (χ1) is 14.3. The number of rotatable bonds is 14. The first-order valence-electron chi connectivity index (χ1n) is 12.9. The minimum atomic E-state index is -0.774. The van der Waals surface area contributed by atoms with E-state index >= 15 is 0 Å². The third-order valence-corrected chi connectivity index (χ3v) is 8.90. The van der Waals surface area contributed by atoms with E-state index in [1.807, 2.05) is 6.92 Å². The van der Waals surface area contributed by atoms with E-state index in [2.05, 4.69) is 13.8 Å². The molecule has 4 N–H and O–H groups in total. The van der Waals surface area contributed by atoms with E-state index in [-0.39, 0.29) is 18.4 Å². The molecule has 2 fully saturated rings. The number of nitrogens with two attached hydrogens (primary N) is 1. The smallest absolute Gasteiger partial charge is 0.217 e. The number of aliphatic hydroxyl groups is 2. The Morgan fingerprint density at radius 1 is 1.07 bits per heavy atom. The Morgan fingerprint density at radius 2 is 1.77 bits per heavy atom. The molecular formula is C26H49NO3. The number of primary amides is 1. The normalized spacial score (nSPS) is 33.2. The summed E-state index contributed by atoms with van der Waals surface area (Å²) in [7, 11) is 0. The van der Waals surface area contributed by atoms with Gasteiger partial charge in [0.25, 0.3) is 0 Å². The van der Waals surface area contributed by atoms with E-state index in [9.17, 15) is 15.0 Å². The molecule has 0 saturated heterocycles. The summed E-state index contributed by atoms with van der Waals surface area (Å²) in [4.78, 5) is 11.6. The Labute approximate surface area is 185 Å². The molecule has 0 aliphatic heterocycles. The highest BCUT2D eigenvalue weighted by Gasteiger charge is 2.55. The summed E-state index contributed by atoms with van der Waals surface area (Å²) in [5.74, 6) is 1.71. The fourth-order valence-corrected chi connectivity index (χ4v) is 7.15. The van der Waals surface area contributed by atoms with Crippen molar-refractivity contribution < 1.29 is 15.0 Å². The van der Waals surface area contributed by atoms with Crippen molar-refractivity contribution in [3.05, 3.63) is 0 Å². The van der Waals surface area contributed by atoms with Crippen LogP contribution in [0, 0.1) is 29.1 Å². The zero-order valence-electron chi connectivity index (χ0n) is 20.0. The van der Waals surface area contributed by atoms with Gasteiger partial charge >= 0.3 is 0 Å². The quantitative estimate of drug-likeness (QED) is 0.319. The number of carbonyl (C=O) groups excluding carboxylic acids is 1. The van der Waals surface area contributed by atoms with Crippen LogP contribution in [0.15, 0.2) is 0 Å². The lowest BCUT2D eigenvalue weighted by Crippen LogP contribution is -2.49. The summed E-state index contributed by atoms with van der Waals surface area (Å²) < 4.78 is 0. The number of amides is 1. The third-order valence-electron chi connectivity index (χ3n) is 8.90. The average Bonchev–Trinajstić information content (AvgIpc) is 3.03. The van der Waals surface area contributed by atoms with Gasteiger partial charge in [-0.15, -0.1) is 0 Å². The predicted octanol–water partition coefficient (Wildman–Crippen LogP) is 5.58. The molecule has 6 atom stereocenters. The monoisotopic (exact) mass is 423 g/mol. The summed E-state index contributed by atoms with van der Waals surface area (Å²) in [5.41, 5.74) is 5.09. The van der Waals surface area contributed by atoms with E-state index in [0.29, 0.717) is 36.5 Å². The van der Waals surface area contributed by atoms with Gasteiger partial charge in [0.15, 0.2) is 0 Å². The molecule has 0 heterocycles. The second kappa shape index (κ2) is 11.9. The second-order valence-electron chi connectivity index (χ2n) is 10.9. The number of fused-ring (bicyclic) bond motifs is 1. The van der Waals surface area contributed by atoms with Crippen LogP contribution in [0.3, 0.4) is 0 Å². The van der Waals surface area contributed by atoms with Crippen molar-refractivity contribution >= 4 is 5.91 Å². The molecule has 0 aromatic rings. The number of hydrogen-bond donors (Lipinski definition) is 3. The lowest BCUT2D eigenvalue weighted by atomic mass is 9.53. The molecule has 0 aromatic heterocycles. The van der Waals surface area contributed by atoms with Gasteiger partial charge < -0.3 is 15.9 Å². The van der Waals surface area contributed by atoms with Gasteiger partial charge in [-0.05, 0) is 87.4 Å². The van der Waals surface area contributed by atoms with Gasteiger partial charge in [0.1, 0.15) is 0 Å². The van der Waals surface area contributed by atoms with Gasteiger partial charge in [-0.3, -0.25) is 4.79 Å². The van der Waals surface area contributed by atoms with E-state index in [1.165, 1.54) is 64.2 Å². The van der Waals surface area contributed by atoms with Gasteiger partial charge in [0, 0.05) is 13.0 Å². The van der Waals surface area contributed by atoms with Crippen LogP contribution in [0.1, 0.15) is 117 Å². The Hall–Kier alpha value is -0.610. The van der Waals surface area contributed by atoms with Gasteiger partial charge in [-0.2, -0.15) is 0 Å². The Morgan fingerprint density at radius 3 is 2.43 bits per heavy atom. The number of carbonyl (C=O) groups is 1. The van der Waals surface area contributed by atoms with Crippen LogP contribution in [0.2, 0.25) is 0 Å². The first kappa shape index (κ1) is 25.6. The molecule has 2 aliphatic carbocycles. The van der Waals surface area contributed by atoms with Crippen LogP contribution < -0.4 is 5.73 Å². The summed E-state index contributed by atoms with van der Waals surface area (Å²) in [6.45, 7) is 6.85. The van der Waals surface area contributed by atoms with E-state index in [1.54, 1.807) is 0 Å². The van der Waals surface area contributed by atoms with Gasteiger partial charge in [-0.25, -0.2) is 0 Å². The van der Waals surface area contributed by atoms with E-state index in [4.69, 9.17) is 5.73 Å². The zero-order valence-corrected chi connectivity index (χ0v) is 20.0. The molecule has 1 amide bonds. The molecule has 0 aromatic carbocycles. The SMILES string of the molecule is CCCCCCCC[C@H]1CCC2[C@@H](CCC(N)=O)[C@@H]([C@](C)(O)CCCO)CC[C@@]21C. The molecule has 4 nitrogen and oxygen atoms in total. The van der Waals surface area contributed by atoms with Crippen LogP contribution in [-0.4, -0.2) is 28.3 Å². The van der Waals surface area contributed by atoms with Gasteiger partial charge in [0.05, 0.1) is 5.60 Å². The zero-order chi connectivity index (χ0) is 22.2. The van der Waals surface area contributed by atoms with Crippen LogP contribution in [0.25, 0.3) is 0 Å². The number of unbranched alkanes of at least 4 members (excludes halogenated alkanes) is 5. The Kier molecular flexibility index (Phi) is 10.1. The molecule has 0 bridgehead atoms. The summed E-state index contributed by atoms with van der Waals surface area (Å²) >= 11 is 0. The van der Waals surface area contributed by atoms with Crippen LogP contribution >= 0.6 is 0 Å². The lowest BCUT2D eigenvalue weighted by Gasteiger charge is -2.52. The highest BCUT2D eigenvalue weighted by Crippen LogP contribution is 2.62. The standard InChI is InChI=1S/C26H49NO3/c1-4-5-6-7-8-9-11-20-12-14-22-21(13-15-24(27)29)23(16-18-25(20,22)2)26(3,30)17-10-19-28/h20-23,28,30H,4-19H2,1-3H3,(H2,27,29)/t20-,21+,22?,23-,25+,26+/m0/s1. The first-order valence-corrected chi connectivity index (χ1v) is 12.9. The fourth-order valence-electron chi connectivity index (χ4n) is 7.15. The summed E-state index contributed by atoms with van der Waals surface area (Å²) in [5, 5.41) is 20.6. The van der Waals surface area contributed by atoms with E-state index < -0.39 is 5.60 Å². The van der Waals surface area contributed by atoms with Crippen LogP contribution in [0.4, 0.5) is 0 Å². The van der Waals surface area contributed by atoms with E-state index in [0.717, 1.165) is 18.8 Å². The van der Waals surface area contributed by atoms with Gasteiger partial charge in [0.2, 0.25) is 5.91 Å². The maximum atomic E-state index is 11.6. The van der Waals surface area contributed by atoms with Crippen molar-refractivity contribution in [3.63, 3.8) is 0 Å². The highest BCUT2D eigenvalue weighted by atomic mass is 16.3. The van der Waals surface area contributed by atoms with Crippen molar-refractivity contribution in [2.24, 2.45) is 34.8 Å². The largest absolute Gasteiger partial charge is 0.396 e. The van der Waals surface area contributed by atoms with Crippen LogP contribution in [-0.2, 0) is 4.79 Å². The third kappa shape index (κ3) is 6.45. The van der Waals surface area contributed by atoms with Crippen molar-refractivity contribution in [1.29, 1.82) is 0 Å². The van der Waals surface area contributed by atoms with Crippen LogP contribution in [0.5, 0.6) is 0 Å². The summed E-state index contributed by atoms with van der Waals surface area (Å²) in [6.07, 6.45) is 16.7. The topological polar surface area (TPSA) is 83.6 Å². The average molecular weight is 424 g/mol. The number of aliphatic hydroxyl groups excluding tert-OH is 1. The molecule has 0 spiro atoms. The minimum Gasteiger partial charge on any atom is -0.396 e. The van der Waals surface area contributed by atoms with Crippen molar-refractivity contribution in [2.45, 2.75) is 123 Å². The molecule has 0 radical (unpaired) electrons. The predicted molar refractivity (Wildman–Crippen MR) is 124 cm³/mol. The molecule has 2 rings (SSSR count). The molecule has 4 heteroatoms. The molecule has 30 heavy (non-hydrogen) atoms. The molecule has 2 aliphatic rings. The lowest BCUT2D eigenvalue weighted by molar-refractivity contribution is -0.121. The second-order valence-corrected chi connectivity index (χ2v) is 10.9. The fraction of sp³-hybridized carbons (Fsp3) is 0.962. The maximum absolute atomic E-state index is 11.6. The molecule has 2 saturated carbocycles. The van der Waals surface area contributed by atoms with Crippen molar-refractivity contribution in [1.82, 2.24) is 0 Å². The van der Waals surface area contributed by atoms with Gasteiger partial charge in [-0.1, -0.05) is 52.4 Å².